The maximum absolute atomic E-state index is 14.0. The molecule has 5 nitrogen and oxygen atoms in total. The molecule has 218 valence electrons. The van der Waals surface area contributed by atoms with E-state index in [1.807, 2.05) is 54.6 Å². The third-order valence-corrected chi connectivity index (χ3v) is 7.94. The molecule has 4 aromatic carbocycles. The Morgan fingerprint density at radius 2 is 1.49 bits per heavy atom. The van der Waals surface area contributed by atoms with E-state index >= 15 is 0 Å². The second-order valence-corrected chi connectivity index (χ2v) is 10.7. The van der Waals surface area contributed by atoms with Gasteiger partial charge in [0.25, 0.3) is 5.91 Å². The molecule has 43 heavy (non-hydrogen) atoms. The molecule has 8 heteroatoms. The zero-order valence-corrected chi connectivity index (χ0v) is 23.6. The van der Waals surface area contributed by atoms with E-state index < -0.39 is 17.6 Å². The minimum absolute atomic E-state index is 0.0468. The van der Waals surface area contributed by atoms with Crippen molar-refractivity contribution >= 4 is 5.91 Å². The molecule has 6 rings (SSSR count). The van der Waals surface area contributed by atoms with Gasteiger partial charge in [-0.15, -0.1) is 0 Å². The van der Waals surface area contributed by atoms with Crippen molar-refractivity contribution in [3.8, 4) is 17.1 Å². The number of halogens is 3. The Hall–Kier alpha value is -4.85. The minimum atomic E-state index is -4.67. The fraction of sp³-hybridized carbons (Fsp3) is 0.200. The van der Waals surface area contributed by atoms with Crippen molar-refractivity contribution in [2.75, 3.05) is 7.11 Å². The number of fused-ring (bicyclic) bond motifs is 1. The SMILES string of the molecule is COc1ccc(CN(Cc2cnc(-c3ccccc3)n2C2Cc3ccccc3C2)C(=O)c2ccccc2C(F)(F)F)cc1. The molecular weight excluding hydrogens is 551 g/mol. The Labute approximate surface area is 248 Å². The third-order valence-electron chi connectivity index (χ3n) is 7.94. The lowest BCUT2D eigenvalue weighted by atomic mass is 10.0. The molecule has 0 spiro atoms. The Balaban J connectivity index is 1.42. The highest BCUT2D eigenvalue weighted by Gasteiger charge is 2.36. The molecule has 0 radical (unpaired) electrons. The standard InChI is InChI=1S/C35H30F3N3O2/c1-43-30-17-15-24(16-18-30)22-40(34(42)31-13-7-8-14-32(31)35(36,37)38)23-29-21-39-33(25-9-3-2-4-10-25)41(29)28-19-26-11-5-6-12-27(26)20-28/h2-18,21,28H,19-20,22-23H2,1H3. The molecule has 0 atom stereocenters. The van der Waals surface area contributed by atoms with Crippen LogP contribution in [0.15, 0.2) is 109 Å². The maximum Gasteiger partial charge on any atom is 0.417 e. The number of hydrogen-bond acceptors (Lipinski definition) is 3. The van der Waals surface area contributed by atoms with Crippen molar-refractivity contribution in [1.82, 2.24) is 14.5 Å². The number of imidazole rings is 1. The van der Waals surface area contributed by atoms with E-state index in [9.17, 15) is 18.0 Å². The van der Waals surface area contributed by atoms with Crippen LogP contribution in [0.2, 0.25) is 0 Å². The molecule has 0 saturated carbocycles. The topological polar surface area (TPSA) is 47.4 Å². The number of amides is 1. The van der Waals surface area contributed by atoms with E-state index in [-0.39, 0.29) is 24.7 Å². The number of nitrogens with zero attached hydrogens (tertiary/aromatic N) is 3. The zero-order chi connectivity index (χ0) is 30.0. The van der Waals surface area contributed by atoms with Crippen LogP contribution in [0, 0.1) is 0 Å². The van der Waals surface area contributed by atoms with Crippen LogP contribution in [0.3, 0.4) is 0 Å². The Morgan fingerprint density at radius 1 is 0.860 bits per heavy atom. The van der Waals surface area contributed by atoms with Gasteiger partial charge in [-0.05, 0) is 53.8 Å². The van der Waals surface area contributed by atoms with Gasteiger partial charge in [-0.25, -0.2) is 4.98 Å². The van der Waals surface area contributed by atoms with Crippen LogP contribution in [0.1, 0.15) is 44.3 Å². The van der Waals surface area contributed by atoms with E-state index in [0.717, 1.165) is 41.6 Å². The monoisotopic (exact) mass is 581 g/mol. The fourth-order valence-electron chi connectivity index (χ4n) is 5.87. The predicted octanol–water partition coefficient (Wildman–Crippen LogP) is 7.76. The van der Waals surface area contributed by atoms with Crippen LogP contribution in [0.4, 0.5) is 13.2 Å². The summed E-state index contributed by atoms with van der Waals surface area (Å²) in [7, 11) is 1.56. The maximum atomic E-state index is 14.0. The molecule has 1 heterocycles. The Bertz CT molecular complexity index is 1700. The fourth-order valence-corrected chi connectivity index (χ4v) is 5.87. The molecule has 0 aliphatic heterocycles. The summed E-state index contributed by atoms with van der Waals surface area (Å²) in [4.78, 5) is 20.3. The van der Waals surface area contributed by atoms with Crippen molar-refractivity contribution in [2.45, 2.75) is 38.1 Å². The second-order valence-electron chi connectivity index (χ2n) is 10.7. The summed E-state index contributed by atoms with van der Waals surface area (Å²) in [5.41, 5.74) is 3.63. The van der Waals surface area contributed by atoms with E-state index in [1.165, 1.54) is 34.2 Å². The lowest BCUT2D eigenvalue weighted by molar-refractivity contribution is -0.138. The zero-order valence-electron chi connectivity index (χ0n) is 23.6. The molecular formula is C35H30F3N3O2. The van der Waals surface area contributed by atoms with Crippen LogP contribution < -0.4 is 4.74 Å². The average molecular weight is 582 g/mol. The van der Waals surface area contributed by atoms with Gasteiger partial charge in [0.1, 0.15) is 11.6 Å². The largest absolute Gasteiger partial charge is 0.497 e. The van der Waals surface area contributed by atoms with Crippen molar-refractivity contribution in [1.29, 1.82) is 0 Å². The van der Waals surface area contributed by atoms with Crippen LogP contribution >= 0.6 is 0 Å². The Morgan fingerprint density at radius 3 is 2.14 bits per heavy atom. The van der Waals surface area contributed by atoms with Gasteiger partial charge in [0.15, 0.2) is 0 Å². The van der Waals surface area contributed by atoms with Crippen LogP contribution in [0.5, 0.6) is 5.75 Å². The summed E-state index contributed by atoms with van der Waals surface area (Å²) < 4.78 is 49.4. The van der Waals surface area contributed by atoms with Crippen LogP contribution in [-0.2, 0) is 32.1 Å². The van der Waals surface area contributed by atoms with Gasteiger partial charge < -0.3 is 14.2 Å². The van der Waals surface area contributed by atoms with E-state index in [1.54, 1.807) is 25.4 Å². The third kappa shape index (κ3) is 5.91. The molecule has 0 bridgehead atoms. The first kappa shape index (κ1) is 28.3. The van der Waals surface area contributed by atoms with Gasteiger partial charge in [0, 0.05) is 18.2 Å². The number of rotatable bonds is 8. The van der Waals surface area contributed by atoms with Crippen LogP contribution in [-0.4, -0.2) is 27.5 Å². The molecule has 1 aliphatic rings. The van der Waals surface area contributed by atoms with Crippen molar-refractivity contribution in [2.24, 2.45) is 0 Å². The van der Waals surface area contributed by atoms with Crippen LogP contribution in [0.25, 0.3) is 11.4 Å². The summed E-state index contributed by atoms with van der Waals surface area (Å²) in [5.74, 6) is 0.712. The van der Waals surface area contributed by atoms with Gasteiger partial charge in [-0.2, -0.15) is 13.2 Å². The number of aromatic nitrogens is 2. The van der Waals surface area contributed by atoms with Crippen molar-refractivity contribution in [3.05, 3.63) is 143 Å². The summed E-state index contributed by atoms with van der Waals surface area (Å²) in [6.45, 7) is 0.176. The van der Waals surface area contributed by atoms with Crippen molar-refractivity contribution in [3.63, 3.8) is 0 Å². The summed E-state index contributed by atoms with van der Waals surface area (Å²) in [6, 6.07) is 30.3. The first-order valence-electron chi connectivity index (χ1n) is 14.1. The molecule has 1 aliphatic carbocycles. The normalized spacial score (nSPS) is 13.1. The molecule has 0 N–H and O–H groups in total. The van der Waals surface area contributed by atoms with E-state index in [2.05, 4.69) is 16.7 Å². The molecule has 0 fully saturated rings. The molecule has 1 amide bonds. The predicted molar refractivity (Wildman–Crippen MR) is 159 cm³/mol. The van der Waals surface area contributed by atoms with Gasteiger partial charge in [-0.1, -0.05) is 78.9 Å². The summed E-state index contributed by atoms with van der Waals surface area (Å²) >= 11 is 0. The highest BCUT2D eigenvalue weighted by Crippen LogP contribution is 2.36. The quantitative estimate of drug-likeness (QED) is 0.188. The molecule has 0 saturated heterocycles. The highest BCUT2D eigenvalue weighted by molar-refractivity contribution is 5.96. The number of hydrogen-bond donors (Lipinski definition) is 0. The second kappa shape index (κ2) is 11.8. The molecule has 0 unspecified atom stereocenters. The minimum Gasteiger partial charge on any atom is -0.497 e. The summed E-state index contributed by atoms with van der Waals surface area (Å²) in [6.07, 6.45) is -1.34. The van der Waals surface area contributed by atoms with Crippen molar-refractivity contribution < 1.29 is 22.7 Å². The molecule has 1 aromatic heterocycles. The van der Waals surface area contributed by atoms with Gasteiger partial charge in [0.05, 0.1) is 36.7 Å². The van der Waals surface area contributed by atoms with Gasteiger partial charge >= 0.3 is 6.18 Å². The number of alkyl halides is 3. The number of carbonyl (C=O) groups excluding carboxylic acids is 1. The number of benzene rings is 4. The van der Waals surface area contributed by atoms with Gasteiger partial charge in [-0.3, -0.25) is 4.79 Å². The first-order valence-corrected chi connectivity index (χ1v) is 14.1. The number of ether oxygens (including phenoxy) is 1. The molecule has 5 aromatic rings. The van der Waals surface area contributed by atoms with Gasteiger partial charge in [0.2, 0.25) is 0 Å². The lowest BCUT2D eigenvalue weighted by Crippen LogP contribution is -2.33. The van der Waals surface area contributed by atoms with E-state index in [4.69, 9.17) is 9.72 Å². The number of carbonyl (C=O) groups is 1. The Kier molecular flexibility index (Phi) is 7.76. The lowest BCUT2D eigenvalue weighted by Gasteiger charge is -2.27. The number of methoxy groups -OCH3 is 1. The smallest absolute Gasteiger partial charge is 0.417 e. The average Bonchev–Trinajstić information content (AvgIpc) is 3.65. The van der Waals surface area contributed by atoms with E-state index in [0.29, 0.717) is 5.75 Å². The first-order chi connectivity index (χ1) is 20.8. The summed E-state index contributed by atoms with van der Waals surface area (Å²) in [5, 5.41) is 0. The highest BCUT2D eigenvalue weighted by atomic mass is 19.4.